The zero-order valence-corrected chi connectivity index (χ0v) is 14.9. The molecule has 0 spiro atoms. The van der Waals surface area contributed by atoms with Crippen molar-refractivity contribution in [2.75, 3.05) is 32.9 Å². The van der Waals surface area contributed by atoms with Crippen LogP contribution in [0.25, 0.3) is 0 Å². The normalized spacial score (nSPS) is 29.8. The van der Waals surface area contributed by atoms with E-state index in [0.717, 1.165) is 51.4 Å². The Balaban J connectivity index is 1.36. The van der Waals surface area contributed by atoms with Crippen molar-refractivity contribution in [1.29, 1.82) is 0 Å². The lowest BCUT2D eigenvalue weighted by molar-refractivity contribution is -0.138. The first-order valence-corrected chi connectivity index (χ1v) is 9.61. The fourth-order valence-electron chi connectivity index (χ4n) is 4.86. The highest BCUT2D eigenvalue weighted by Crippen LogP contribution is 2.49. The average molecular weight is 344 g/mol. The Morgan fingerprint density at radius 3 is 3.00 bits per heavy atom. The SMILES string of the molecule is O=C(C1CCOCC1)N1C[C@H]2CCC[C@@]2(COCc2ccccn2)C1. The maximum atomic E-state index is 12.9. The van der Waals surface area contributed by atoms with E-state index in [1.165, 1.54) is 19.3 Å². The monoisotopic (exact) mass is 344 g/mol. The van der Waals surface area contributed by atoms with E-state index in [2.05, 4.69) is 9.88 Å². The zero-order chi connectivity index (χ0) is 17.1. The van der Waals surface area contributed by atoms with Crippen LogP contribution in [0.2, 0.25) is 0 Å². The lowest BCUT2D eigenvalue weighted by Gasteiger charge is -2.30. The Morgan fingerprint density at radius 1 is 1.32 bits per heavy atom. The van der Waals surface area contributed by atoms with E-state index >= 15 is 0 Å². The van der Waals surface area contributed by atoms with Crippen LogP contribution in [-0.2, 0) is 20.9 Å². The summed E-state index contributed by atoms with van der Waals surface area (Å²) in [7, 11) is 0. The lowest BCUT2D eigenvalue weighted by atomic mass is 9.81. The van der Waals surface area contributed by atoms with E-state index in [1.54, 1.807) is 6.20 Å². The summed E-state index contributed by atoms with van der Waals surface area (Å²) in [6.45, 7) is 4.55. The first-order valence-electron chi connectivity index (χ1n) is 9.61. The van der Waals surface area contributed by atoms with Crippen molar-refractivity contribution < 1.29 is 14.3 Å². The van der Waals surface area contributed by atoms with Crippen molar-refractivity contribution in [3.63, 3.8) is 0 Å². The van der Waals surface area contributed by atoms with Gasteiger partial charge in [0, 0.05) is 43.8 Å². The minimum absolute atomic E-state index is 0.162. The van der Waals surface area contributed by atoms with Crippen molar-refractivity contribution in [3.8, 4) is 0 Å². The van der Waals surface area contributed by atoms with Gasteiger partial charge in [0.25, 0.3) is 0 Å². The number of carbonyl (C=O) groups is 1. The third-order valence-corrected chi connectivity index (χ3v) is 6.29. The number of amides is 1. The average Bonchev–Trinajstić information content (AvgIpc) is 3.20. The molecule has 2 atom stereocenters. The van der Waals surface area contributed by atoms with Gasteiger partial charge >= 0.3 is 0 Å². The van der Waals surface area contributed by atoms with Gasteiger partial charge in [0.05, 0.1) is 18.9 Å². The highest BCUT2D eigenvalue weighted by atomic mass is 16.5. The maximum Gasteiger partial charge on any atom is 0.225 e. The van der Waals surface area contributed by atoms with E-state index < -0.39 is 0 Å². The molecular weight excluding hydrogens is 316 g/mol. The van der Waals surface area contributed by atoms with E-state index in [1.807, 2.05) is 18.2 Å². The third kappa shape index (κ3) is 3.58. The fraction of sp³-hybridized carbons (Fsp3) is 0.700. The summed E-state index contributed by atoms with van der Waals surface area (Å²) in [4.78, 5) is 19.3. The second kappa shape index (κ2) is 7.42. The van der Waals surface area contributed by atoms with Crippen LogP contribution in [0.3, 0.4) is 0 Å². The Hall–Kier alpha value is -1.46. The van der Waals surface area contributed by atoms with Crippen LogP contribution in [0.1, 0.15) is 37.8 Å². The molecule has 1 aromatic heterocycles. The predicted molar refractivity (Wildman–Crippen MR) is 93.8 cm³/mol. The van der Waals surface area contributed by atoms with Crippen LogP contribution in [0, 0.1) is 17.3 Å². The van der Waals surface area contributed by atoms with Gasteiger partial charge in [0.1, 0.15) is 0 Å². The number of rotatable bonds is 5. The Morgan fingerprint density at radius 2 is 2.20 bits per heavy atom. The second-order valence-electron chi connectivity index (χ2n) is 7.87. The number of hydrogen-bond acceptors (Lipinski definition) is 4. The molecule has 1 aromatic rings. The molecule has 136 valence electrons. The molecule has 25 heavy (non-hydrogen) atoms. The number of nitrogens with zero attached hydrogens (tertiary/aromatic N) is 2. The quantitative estimate of drug-likeness (QED) is 0.824. The Labute approximate surface area is 149 Å². The molecule has 3 aliphatic rings. The van der Waals surface area contributed by atoms with Crippen LogP contribution in [0.15, 0.2) is 24.4 Å². The number of hydrogen-bond donors (Lipinski definition) is 0. The molecule has 5 heteroatoms. The molecule has 0 radical (unpaired) electrons. The molecule has 3 fully saturated rings. The minimum atomic E-state index is 0.162. The standard InChI is InChI=1S/C20H28N2O3/c23-19(16-6-10-24-11-7-16)22-12-17-4-3-8-20(17,14-22)15-25-13-18-5-1-2-9-21-18/h1-2,5,9,16-17H,3-4,6-8,10-15H2/t17-,20+/m1/s1. The highest BCUT2D eigenvalue weighted by molar-refractivity contribution is 5.79. The maximum absolute atomic E-state index is 12.9. The molecular formula is C20H28N2O3. The van der Waals surface area contributed by atoms with Crippen LogP contribution >= 0.6 is 0 Å². The Kier molecular flexibility index (Phi) is 5.04. The zero-order valence-electron chi connectivity index (χ0n) is 14.9. The molecule has 3 heterocycles. The van der Waals surface area contributed by atoms with Crippen LogP contribution in [0.4, 0.5) is 0 Å². The van der Waals surface area contributed by atoms with Gasteiger partial charge in [-0.1, -0.05) is 12.5 Å². The van der Waals surface area contributed by atoms with Crippen molar-refractivity contribution in [1.82, 2.24) is 9.88 Å². The molecule has 0 bridgehead atoms. The van der Waals surface area contributed by atoms with Crippen LogP contribution < -0.4 is 0 Å². The molecule has 0 unspecified atom stereocenters. The van der Waals surface area contributed by atoms with Gasteiger partial charge in [-0.05, 0) is 43.7 Å². The molecule has 5 nitrogen and oxygen atoms in total. The summed E-state index contributed by atoms with van der Waals surface area (Å²) in [5, 5.41) is 0. The first-order chi connectivity index (χ1) is 12.3. The van der Waals surface area contributed by atoms with Crippen molar-refractivity contribution in [3.05, 3.63) is 30.1 Å². The summed E-state index contributed by atoms with van der Waals surface area (Å²) in [5.41, 5.74) is 1.14. The second-order valence-corrected chi connectivity index (χ2v) is 7.87. The number of ether oxygens (including phenoxy) is 2. The van der Waals surface area contributed by atoms with Gasteiger partial charge in [0.15, 0.2) is 0 Å². The summed E-state index contributed by atoms with van der Waals surface area (Å²) in [5.74, 6) is 1.11. The molecule has 4 rings (SSSR count). The van der Waals surface area contributed by atoms with Gasteiger partial charge in [-0.15, -0.1) is 0 Å². The summed E-state index contributed by atoms with van der Waals surface area (Å²) in [6, 6.07) is 5.91. The number of aromatic nitrogens is 1. The van der Waals surface area contributed by atoms with Gasteiger partial charge in [-0.2, -0.15) is 0 Å². The molecule has 1 saturated carbocycles. The van der Waals surface area contributed by atoms with Crippen LogP contribution in [-0.4, -0.2) is 48.7 Å². The molecule has 2 aliphatic heterocycles. The van der Waals surface area contributed by atoms with E-state index in [4.69, 9.17) is 9.47 Å². The first kappa shape index (κ1) is 17.0. The number of pyridine rings is 1. The molecule has 1 amide bonds. The molecule has 0 aromatic carbocycles. The van der Waals surface area contributed by atoms with Gasteiger partial charge in [-0.25, -0.2) is 0 Å². The van der Waals surface area contributed by atoms with Crippen molar-refractivity contribution in [2.24, 2.45) is 17.3 Å². The summed E-state index contributed by atoms with van der Waals surface area (Å²) in [6.07, 6.45) is 7.23. The topological polar surface area (TPSA) is 51.7 Å². The van der Waals surface area contributed by atoms with Crippen molar-refractivity contribution in [2.45, 2.75) is 38.7 Å². The number of fused-ring (bicyclic) bond motifs is 1. The third-order valence-electron chi connectivity index (χ3n) is 6.29. The van der Waals surface area contributed by atoms with Crippen molar-refractivity contribution >= 4 is 5.91 Å². The largest absolute Gasteiger partial charge is 0.381 e. The lowest BCUT2D eigenvalue weighted by Crippen LogP contribution is -2.39. The van der Waals surface area contributed by atoms with Gasteiger partial charge < -0.3 is 14.4 Å². The summed E-state index contributed by atoms with van der Waals surface area (Å²) < 4.78 is 11.5. The highest BCUT2D eigenvalue weighted by Gasteiger charge is 2.51. The van der Waals surface area contributed by atoms with Gasteiger partial charge in [0.2, 0.25) is 5.91 Å². The smallest absolute Gasteiger partial charge is 0.225 e. The molecule has 0 N–H and O–H groups in total. The summed E-state index contributed by atoms with van der Waals surface area (Å²) >= 11 is 0. The van der Waals surface area contributed by atoms with E-state index in [9.17, 15) is 4.79 Å². The minimum Gasteiger partial charge on any atom is -0.381 e. The predicted octanol–water partition coefficient (Wildman–Crippen LogP) is 2.65. The fourth-order valence-corrected chi connectivity index (χ4v) is 4.86. The molecule has 2 saturated heterocycles. The number of likely N-dealkylation sites (tertiary alicyclic amines) is 1. The van der Waals surface area contributed by atoms with Gasteiger partial charge in [-0.3, -0.25) is 9.78 Å². The molecule has 1 aliphatic carbocycles. The van der Waals surface area contributed by atoms with E-state index in [-0.39, 0.29) is 11.3 Å². The van der Waals surface area contributed by atoms with Crippen LogP contribution in [0.5, 0.6) is 0 Å². The Bertz CT molecular complexity index is 588. The number of carbonyl (C=O) groups excluding carboxylic acids is 1. The van der Waals surface area contributed by atoms with E-state index in [0.29, 0.717) is 18.4 Å².